The Morgan fingerprint density at radius 3 is 2.25 bits per heavy atom. The van der Waals surface area contributed by atoms with Gasteiger partial charge in [0.1, 0.15) is 17.9 Å². The molecule has 0 saturated heterocycles. The zero-order chi connectivity index (χ0) is 28.4. The van der Waals surface area contributed by atoms with Gasteiger partial charge < -0.3 is 15.6 Å². The van der Waals surface area contributed by atoms with Crippen molar-refractivity contribution in [1.82, 2.24) is 19.3 Å². The van der Waals surface area contributed by atoms with Gasteiger partial charge >= 0.3 is 6.18 Å². The molecule has 0 bridgehead atoms. The number of carbonyl (C=O) groups is 1. The lowest BCUT2D eigenvalue weighted by Crippen LogP contribution is -2.27. The Labute approximate surface area is 226 Å². The Hall–Kier alpha value is -5.19. The average molecular weight is 545 g/mol. The van der Waals surface area contributed by atoms with Crippen molar-refractivity contribution in [3.8, 4) is 33.4 Å². The number of aryl methyl sites for hydroxylation is 1. The fourth-order valence-corrected chi connectivity index (χ4v) is 4.28. The molecule has 0 unspecified atom stereocenters. The van der Waals surface area contributed by atoms with Crippen molar-refractivity contribution < 1.29 is 18.0 Å². The fraction of sp³-hybridized carbons (Fsp3) is 0.103. The van der Waals surface area contributed by atoms with Gasteiger partial charge in [0.15, 0.2) is 0 Å². The van der Waals surface area contributed by atoms with Crippen LogP contribution in [0.5, 0.6) is 0 Å². The number of hydrogen-bond acceptors (Lipinski definition) is 5. The third-order valence-corrected chi connectivity index (χ3v) is 6.18. The molecule has 0 fully saturated rings. The van der Waals surface area contributed by atoms with Gasteiger partial charge in [0.05, 0.1) is 6.20 Å². The number of hydrogen-bond donors (Lipinski definition) is 2. The second-order valence-corrected chi connectivity index (χ2v) is 9.16. The number of nitrogens with two attached hydrogens (primary N) is 1. The van der Waals surface area contributed by atoms with Crippen LogP contribution in [-0.2, 0) is 13.6 Å². The number of carbonyl (C=O) groups excluding carboxylic acids is 1. The summed E-state index contributed by atoms with van der Waals surface area (Å²) >= 11 is 0. The van der Waals surface area contributed by atoms with E-state index in [-0.39, 0.29) is 5.56 Å². The third-order valence-electron chi connectivity index (χ3n) is 6.18. The van der Waals surface area contributed by atoms with Gasteiger partial charge in [-0.05, 0) is 29.3 Å². The number of nitrogen functional groups attached to an aromatic ring is 1. The molecular weight excluding hydrogens is 521 g/mol. The summed E-state index contributed by atoms with van der Waals surface area (Å²) in [5.74, 6) is -0.515. The maximum Gasteiger partial charge on any atom is 0.406 e. The van der Waals surface area contributed by atoms with Gasteiger partial charge in [-0.25, -0.2) is 4.98 Å². The highest BCUT2D eigenvalue weighted by atomic mass is 19.4. The van der Waals surface area contributed by atoms with Crippen LogP contribution in [0.3, 0.4) is 0 Å². The molecule has 0 radical (unpaired) electrons. The lowest BCUT2D eigenvalue weighted by molar-refractivity contribution is -0.140. The summed E-state index contributed by atoms with van der Waals surface area (Å²) in [6.45, 7) is -1.35. The van der Waals surface area contributed by atoms with Crippen LogP contribution in [0, 0.1) is 0 Å². The molecule has 5 rings (SSSR count). The van der Waals surface area contributed by atoms with Crippen LogP contribution in [-0.4, -0.2) is 31.4 Å². The molecule has 5 aromatic rings. The Kier molecular flexibility index (Phi) is 6.95. The maximum absolute atomic E-state index is 13.2. The van der Waals surface area contributed by atoms with Crippen molar-refractivity contribution in [2.75, 3.05) is 11.1 Å². The molecular formula is C29H23F3N6O2. The number of aromatic nitrogens is 4. The molecule has 0 saturated carbocycles. The first-order chi connectivity index (χ1) is 19.1. The van der Waals surface area contributed by atoms with E-state index in [2.05, 4.69) is 15.4 Å². The Bertz CT molecular complexity index is 1740. The predicted octanol–water partition coefficient (Wildman–Crippen LogP) is 5.37. The van der Waals surface area contributed by atoms with Crippen molar-refractivity contribution >= 4 is 17.4 Å². The molecule has 8 nitrogen and oxygen atoms in total. The van der Waals surface area contributed by atoms with E-state index >= 15 is 0 Å². The largest absolute Gasteiger partial charge is 0.406 e. The van der Waals surface area contributed by atoms with Gasteiger partial charge in [0.25, 0.3) is 5.91 Å². The van der Waals surface area contributed by atoms with Crippen LogP contribution in [0.1, 0.15) is 10.4 Å². The molecule has 0 spiro atoms. The lowest BCUT2D eigenvalue weighted by atomic mass is 10.0. The second kappa shape index (κ2) is 10.5. The van der Waals surface area contributed by atoms with Gasteiger partial charge in [0, 0.05) is 59.8 Å². The number of anilines is 2. The van der Waals surface area contributed by atoms with E-state index in [0.717, 1.165) is 33.7 Å². The van der Waals surface area contributed by atoms with Gasteiger partial charge in [-0.1, -0.05) is 42.5 Å². The van der Waals surface area contributed by atoms with E-state index in [4.69, 9.17) is 5.73 Å². The summed E-state index contributed by atoms with van der Waals surface area (Å²) in [5, 5.41) is 6.78. The molecule has 0 aliphatic carbocycles. The molecule has 40 heavy (non-hydrogen) atoms. The summed E-state index contributed by atoms with van der Waals surface area (Å²) in [6.07, 6.45) is 2.70. The van der Waals surface area contributed by atoms with Crippen LogP contribution in [0.2, 0.25) is 0 Å². The smallest absolute Gasteiger partial charge is 0.383 e. The molecule has 0 aliphatic rings. The number of rotatable bonds is 6. The quantitative estimate of drug-likeness (QED) is 0.299. The van der Waals surface area contributed by atoms with Crippen LogP contribution in [0.4, 0.5) is 24.7 Å². The number of pyridine rings is 2. The van der Waals surface area contributed by atoms with Gasteiger partial charge in [0.2, 0.25) is 5.43 Å². The minimum atomic E-state index is -4.54. The van der Waals surface area contributed by atoms with Crippen LogP contribution in [0.15, 0.2) is 96.4 Å². The van der Waals surface area contributed by atoms with Crippen molar-refractivity contribution in [2.45, 2.75) is 12.7 Å². The third kappa shape index (κ3) is 5.78. The van der Waals surface area contributed by atoms with Crippen LogP contribution in [0.25, 0.3) is 33.4 Å². The van der Waals surface area contributed by atoms with E-state index in [1.54, 1.807) is 71.7 Å². The molecule has 3 N–H and O–H groups in total. The highest BCUT2D eigenvalue weighted by Crippen LogP contribution is 2.30. The normalized spacial score (nSPS) is 11.4. The maximum atomic E-state index is 13.2. The lowest BCUT2D eigenvalue weighted by Gasteiger charge is -2.14. The number of benzene rings is 2. The number of alkyl halides is 3. The molecule has 2 aromatic carbocycles. The number of halogens is 3. The highest BCUT2D eigenvalue weighted by molar-refractivity contribution is 6.04. The molecule has 0 atom stereocenters. The van der Waals surface area contributed by atoms with Crippen molar-refractivity contribution in [1.29, 1.82) is 0 Å². The van der Waals surface area contributed by atoms with Crippen molar-refractivity contribution in [3.63, 3.8) is 0 Å². The number of nitrogens with zero attached hydrogens (tertiary/aromatic N) is 4. The van der Waals surface area contributed by atoms with Crippen LogP contribution >= 0.6 is 0 Å². The van der Waals surface area contributed by atoms with Crippen LogP contribution < -0.4 is 16.5 Å². The monoisotopic (exact) mass is 544 g/mol. The molecule has 3 heterocycles. The van der Waals surface area contributed by atoms with Gasteiger partial charge in [-0.15, -0.1) is 0 Å². The average Bonchev–Trinajstić information content (AvgIpc) is 3.36. The summed E-state index contributed by atoms with van der Waals surface area (Å²) in [4.78, 5) is 30.6. The predicted molar refractivity (Wildman–Crippen MR) is 146 cm³/mol. The van der Waals surface area contributed by atoms with E-state index in [1.807, 2.05) is 19.3 Å². The topological polar surface area (TPSA) is 108 Å². The Balaban J connectivity index is 1.43. The second-order valence-electron chi connectivity index (χ2n) is 9.16. The molecule has 0 aliphatic heterocycles. The standard InChI is InChI=1S/C29H23F3N6O2/c1-37-14-21(13-35-37)20-11-23(27(33)34-12-20)19-7-9-22(10-8-19)36-28(40)25-16-38(17-29(30,31)32)15-24(26(25)39)18-5-3-2-4-6-18/h2-16H,17H2,1H3,(H2,33,34)(H,36,40). The van der Waals surface area contributed by atoms with E-state index in [0.29, 0.717) is 22.6 Å². The first-order valence-electron chi connectivity index (χ1n) is 12.1. The van der Waals surface area contributed by atoms with Crippen molar-refractivity contribution in [2.24, 2.45) is 7.05 Å². The summed E-state index contributed by atoms with van der Waals surface area (Å²) in [7, 11) is 1.81. The fourth-order valence-electron chi connectivity index (χ4n) is 4.28. The van der Waals surface area contributed by atoms with Gasteiger partial charge in [-0.2, -0.15) is 18.3 Å². The van der Waals surface area contributed by atoms with E-state index < -0.39 is 29.6 Å². The summed E-state index contributed by atoms with van der Waals surface area (Å²) in [5.41, 5.74) is 8.86. The van der Waals surface area contributed by atoms with Crippen molar-refractivity contribution in [3.05, 3.63) is 107 Å². The first-order valence-corrected chi connectivity index (χ1v) is 12.1. The molecule has 11 heteroatoms. The van der Waals surface area contributed by atoms with E-state index in [9.17, 15) is 22.8 Å². The zero-order valence-electron chi connectivity index (χ0n) is 21.2. The number of amides is 1. The minimum absolute atomic E-state index is 0.00989. The molecule has 3 aromatic heterocycles. The minimum Gasteiger partial charge on any atom is -0.383 e. The Morgan fingerprint density at radius 1 is 0.900 bits per heavy atom. The summed E-state index contributed by atoms with van der Waals surface area (Å²) < 4.78 is 42.0. The SMILES string of the molecule is Cn1cc(-c2cnc(N)c(-c3ccc(NC(=O)c4cn(CC(F)(F)F)cc(-c5ccccc5)c4=O)cc3)c2)cn1. The first kappa shape index (κ1) is 26.4. The van der Waals surface area contributed by atoms with E-state index in [1.165, 1.54) is 0 Å². The molecule has 202 valence electrons. The number of nitrogens with one attached hydrogen (secondary N) is 1. The summed E-state index contributed by atoms with van der Waals surface area (Å²) in [6, 6.07) is 16.8. The highest BCUT2D eigenvalue weighted by Gasteiger charge is 2.28. The van der Waals surface area contributed by atoms with Gasteiger partial charge in [-0.3, -0.25) is 14.3 Å². The molecule has 1 amide bonds. The zero-order valence-corrected chi connectivity index (χ0v) is 21.2. The Morgan fingerprint density at radius 2 is 1.60 bits per heavy atom.